The Labute approximate surface area is 86.9 Å². The van der Waals surface area contributed by atoms with Gasteiger partial charge in [-0.25, -0.2) is 0 Å². The summed E-state index contributed by atoms with van der Waals surface area (Å²) in [7, 11) is -3.41. The van der Waals surface area contributed by atoms with Crippen molar-refractivity contribution in [3.63, 3.8) is 0 Å². The van der Waals surface area contributed by atoms with Crippen LogP contribution in [-0.4, -0.2) is 31.9 Å². The standard InChI is InChI=1S/C9H18N2O2S/c1-5-7-11(8-6-2)14(12,13)10-9(3)4/h1,9-10H,6-8H2,2-4H3. The largest absolute Gasteiger partial charge is 0.280 e. The highest BCUT2D eigenvalue weighted by atomic mass is 32.2. The Balaban J connectivity index is 4.56. The quantitative estimate of drug-likeness (QED) is 0.663. The molecule has 0 rings (SSSR count). The summed E-state index contributed by atoms with van der Waals surface area (Å²) in [5, 5.41) is 0. The minimum Gasteiger partial charge on any atom is -0.200 e. The zero-order valence-corrected chi connectivity index (χ0v) is 9.76. The van der Waals surface area contributed by atoms with Gasteiger partial charge in [-0.3, -0.25) is 0 Å². The summed E-state index contributed by atoms with van der Waals surface area (Å²) >= 11 is 0. The molecule has 0 aliphatic heterocycles. The minimum atomic E-state index is -3.41. The maximum atomic E-state index is 11.6. The molecule has 0 aliphatic carbocycles. The van der Waals surface area contributed by atoms with Crippen molar-refractivity contribution in [2.45, 2.75) is 33.2 Å². The van der Waals surface area contributed by atoms with Gasteiger partial charge < -0.3 is 0 Å². The van der Waals surface area contributed by atoms with Gasteiger partial charge in [0.15, 0.2) is 0 Å². The Morgan fingerprint density at radius 2 is 2.07 bits per heavy atom. The maximum absolute atomic E-state index is 11.6. The molecular weight excluding hydrogens is 200 g/mol. The Morgan fingerprint density at radius 1 is 1.50 bits per heavy atom. The van der Waals surface area contributed by atoms with Crippen molar-refractivity contribution in [2.75, 3.05) is 13.1 Å². The summed E-state index contributed by atoms with van der Waals surface area (Å²) in [4.78, 5) is 0. The van der Waals surface area contributed by atoms with Crippen LogP contribution in [0.4, 0.5) is 0 Å². The molecule has 0 saturated heterocycles. The fourth-order valence-corrected chi connectivity index (χ4v) is 2.42. The van der Waals surface area contributed by atoms with Crippen molar-refractivity contribution in [2.24, 2.45) is 0 Å². The molecule has 0 atom stereocenters. The van der Waals surface area contributed by atoms with E-state index in [1.165, 1.54) is 4.31 Å². The monoisotopic (exact) mass is 218 g/mol. The van der Waals surface area contributed by atoms with Crippen molar-refractivity contribution in [1.82, 2.24) is 9.03 Å². The second kappa shape index (κ2) is 6.02. The van der Waals surface area contributed by atoms with E-state index in [9.17, 15) is 8.42 Å². The molecule has 0 aromatic rings. The third-order valence-corrected chi connectivity index (χ3v) is 3.23. The second-order valence-corrected chi connectivity index (χ2v) is 5.02. The highest BCUT2D eigenvalue weighted by Gasteiger charge is 2.20. The van der Waals surface area contributed by atoms with Crippen molar-refractivity contribution >= 4 is 10.2 Å². The molecule has 14 heavy (non-hydrogen) atoms. The van der Waals surface area contributed by atoms with Gasteiger partial charge in [0.05, 0.1) is 6.54 Å². The first-order valence-corrected chi connectivity index (χ1v) is 6.09. The number of nitrogens with zero attached hydrogens (tertiary/aromatic N) is 1. The number of rotatable bonds is 6. The Kier molecular flexibility index (Phi) is 5.77. The summed E-state index contributed by atoms with van der Waals surface area (Å²) in [6.45, 7) is 6.03. The van der Waals surface area contributed by atoms with Crippen molar-refractivity contribution in [1.29, 1.82) is 0 Å². The van der Waals surface area contributed by atoms with Crippen LogP contribution in [0.15, 0.2) is 0 Å². The molecule has 0 amide bonds. The number of hydrogen-bond acceptors (Lipinski definition) is 2. The van der Waals surface area contributed by atoms with Crippen molar-refractivity contribution in [3.05, 3.63) is 0 Å². The van der Waals surface area contributed by atoms with Crippen LogP contribution in [-0.2, 0) is 10.2 Å². The predicted octanol–water partition coefficient (Wildman–Crippen LogP) is 0.574. The van der Waals surface area contributed by atoms with Crippen molar-refractivity contribution in [3.8, 4) is 12.3 Å². The highest BCUT2D eigenvalue weighted by molar-refractivity contribution is 7.87. The summed E-state index contributed by atoms with van der Waals surface area (Å²) in [5.74, 6) is 2.34. The molecule has 4 nitrogen and oxygen atoms in total. The first-order valence-electron chi connectivity index (χ1n) is 4.65. The van der Waals surface area contributed by atoms with Crippen molar-refractivity contribution < 1.29 is 8.42 Å². The molecule has 82 valence electrons. The van der Waals surface area contributed by atoms with E-state index >= 15 is 0 Å². The van der Waals surface area contributed by atoms with Gasteiger partial charge in [-0.05, 0) is 20.3 Å². The molecule has 0 unspecified atom stereocenters. The van der Waals surface area contributed by atoms with Gasteiger partial charge in [-0.2, -0.15) is 17.4 Å². The van der Waals surface area contributed by atoms with Gasteiger partial charge >= 0.3 is 0 Å². The molecule has 0 fully saturated rings. The average Bonchev–Trinajstić information content (AvgIpc) is 2.01. The minimum absolute atomic E-state index is 0.114. The molecule has 0 saturated carbocycles. The maximum Gasteiger partial charge on any atom is 0.280 e. The van der Waals surface area contributed by atoms with Crippen LogP contribution in [0.2, 0.25) is 0 Å². The third kappa shape index (κ3) is 4.61. The molecule has 1 N–H and O–H groups in total. The Bertz CT molecular complexity index is 290. The Morgan fingerprint density at radius 3 is 2.43 bits per heavy atom. The van der Waals surface area contributed by atoms with E-state index in [1.54, 1.807) is 13.8 Å². The summed E-state index contributed by atoms with van der Waals surface area (Å²) in [6, 6.07) is -0.114. The van der Waals surface area contributed by atoms with Crippen LogP contribution in [0, 0.1) is 12.3 Å². The molecule has 0 bridgehead atoms. The van der Waals surface area contributed by atoms with E-state index in [1.807, 2.05) is 6.92 Å². The number of terminal acetylenes is 1. The van der Waals surface area contributed by atoms with Crippen LogP contribution >= 0.6 is 0 Å². The van der Waals surface area contributed by atoms with Crippen LogP contribution in [0.3, 0.4) is 0 Å². The first kappa shape index (κ1) is 13.4. The van der Waals surface area contributed by atoms with Gasteiger partial charge in [0, 0.05) is 12.6 Å². The lowest BCUT2D eigenvalue weighted by molar-refractivity contribution is 0.431. The lowest BCUT2D eigenvalue weighted by atomic mass is 10.4. The molecule has 5 heteroatoms. The van der Waals surface area contributed by atoms with Gasteiger partial charge in [0.25, 0.3) is 10.2 Å². The van der Waals surface area contributed by atoms with Crippen LogP contribution in [0.1, 0.15) is 27.2 Å². The molecule has 0 heterocycles. The summed E-state index contributed by atoms with van der Waals surface area (Å²) in [5.41, 5.74) is 0. The van der Waals surface area contributed by atoms with E-state index < -0.39 is 10.2 Å². The predicted molar refractivity (Wildman–Crippen MR) is 57.9 cm³/mol. The topological polar surface area (TPSA) is 49.4 Å². The average molecular weight is 218 g/mol. The molecule has 0 spiro atoms. The van der Waals surface area contributed by atoms with E-state index in [0.717, 1.165) is 6.42 Å². The smallest absolute Gasteiger partial charge is 0.200 e. The molecular formula is C9H18N2O2S. The van der Waals surface area contributed by atoms with Gasteiger partial charge in [0.2, 0.25) is 0 Å². The van der Waals surface area contributed by atoms with Gasteiger partial charge in [-0.1, -0.05) is 12.8 Å². The van der Waals surface area contributed by atoms with Crippen LogP contribution in [0.25, 0.3) is 0 Å². The van der Waals surface area contributed by atoms with Gasteiger partial charge in [0.1, 0.15) is 0 Å². The van der Waals surface area contributed by atoms with E-state index in [-0.39, 0.29) is 12.6 Å². The molecule has 0 aromatic carbocycles. The number of hydrogen-bond donors (Lipinski definition) is 1. The SMILES string of the molecule is C#CCN(CCC)S(=O)(=O)NC(C)C. The lowest BCUT2D eigenvalue weighted by Gasteiger charge is -2.20. The van der Waals surface area contributed by atoms with E-state index in [4.69, 9.17) is 6.42 Å². The van der Waals surface area contributed by atoms with Gasteiger partial charge in [-0.15, -0.1) is 6.42 Å². The highest BCUT2D eigenvalue weighted by Crippen LogP contribution is 2.00. The third-order valence-electron chi connectivity index (χ3n) is 1.47. The van der Waals surface area contributed by atoms with E-state index in [2.05, 4.69) is 10.6 Å². The zero-order chi connectivity index (χ0) is 11.2. The van der Waals surface area contributed by atoms with E-state index in [0.29, 0.717) is 6.54 Å². The normalized spacial score (nSPS) is 12.0. The van der Waals surface area contributed by atoms with Crippen LogP contribution < -0.4 is 4.72 Å². The molecule has 0 radical (unpaired) electrons. The Hall–Kier alpha value is -0.570. The fraction of sp³-hybridized carbons (Fsp3) is 0.778. The fourth-order valence-electron chi connectivity index (χ4n) is 1.01. The second-order valence-electron chi connectivity index (χ2n) is 3.32. The summed E-state index contributed by atoms with van der Waals surface area (Å²) in [6.07, 6.45) is 5.85. The summed E-state index contributed by atoms with van der Waals surface area (Å²) < 4.78 is 27.0. The van der Waals surface area contributed by atoms with Crippen LogP contribution in [0.5, 0.6) is 0 Å². The first-order chi connectivity index (χ1) is 6.44. The lowest BCUT2D eigenvalue weighted by Crippen LogP contribution is -2.44. The zero-order valence-electron chi connectivity index (χ0n) is 8.95. The molecule has 0 aliphatic rings. The number of nitrogens with one attached hydrogen (secondary N) is 1. The molecule has 0 aromatic heterocycles.